The van der Waals surface area contributed by atoms with Gasteiger partial charge in [0.2, 0.25) is 0 Å². The fourth-order valence-corrected chi connectivity index (χ4v) is 4.11. The number of fused-ring (bicyclic) bond motifs is 1. The van der Waals surface area contributed by atoms with Gasteiger partial charge in [-0.25, -0.2) is 4.79 Å². The number of carbonyl (C=O) groups excluding carboxylic acids is 2. The number of hydrogen-bond acceptors (Lipinski definition) is 4. The zero-order valence-corrected chi connectivity index (χ0v) is 18.7. The molecule has 6 nitrogen and oxygen atoms in total. The van der Waals surface area contributed by atoms with E-state index in [-0.39, 0.29) is 5.91 Å². The summed E-state index contributed by atoms with van der Waals surface area (Å²) in [6, 6.07) is 15.9. The first-order valence-electron chi connectivity index (χ1n) is 11.2. The van der Waals surface area contributed by atoms with Gasteiger partial charge in [0.05, 0.1) is 6.61 Å². The molecule has 0 fully saturated rings. The molecular weight excluding hydrogens is 390 g/mol. The zero-order valence-electron chi connectivity index (χ0n) is 18.7. The predicted molar refractivity (Wildman–Crippen MR) is 125 cm³/mol. The second-order valence-electron chi connectivity index (χ2n) is 7.96. The first-order chi connectivity index (χ1) is 15.0. The number of anilines is 2. The number of benzene rings is 2. The van der Waals surface area contributed by atoms with Crippen LogP contribution in [0, 0.1) is 0 Å². The van der Waals surface area contributed by atoms with Crippen molar-refractivity contribution in [2.24, 2.45) is 0 Å². The maximum absolute atomic E-state index is 13.4. The van der Waals surface area contributed by atoms with Crippen LogP contribution < -0.4 is 15.5 Å². The molecule has 1 atom stereocenters. The molecule has 166 valence electrons. The molecule has 1 aliphatic carbocycles. The molecule has 1 aliphatic rings. The molecule has 2 aromatic rings. The molecule has 0 bridgehead atoms. The fourth-order valence-electron chi connectivity index (χ4n) is 4.11. The van der Waals surface area contributed by atoms with Gasteiger partial charge in [-0.15, -0.1) is 0 Å². The van der Waals surface area contributed by atoms with E-state index in [2.05, 4.69) is 35.4 Å². The Morgan fingerprint density at radius 1 is 1.00 bits per heavy atom. The maximum atomic E-state index is 13.4. The molecule has 2 aromatic carbocycles. The van der Waals surface area contributed by atoms with Crippen LogP contribution in [0.1, 0.15) is 44.7 Å². The van der Waals surface area contributed by atoms with Gasteiger partial charge in [-0.3, -0.25) is 4.79 Å². The maximum Gasteiger partial charge on any atom is 0.408 e. The quantitative estimate of drug-likeness (QED) is 0.654. The van der Waals surface area contributed by atoms with Crippen molar-refractivity contribution in [2.45, 2.75) is 52.0 Å². The minimum Gasteiger partial charge on any atom is -0.450 e. The molecule has 0 spiro atoms. The van der Waals surface area contributed by atoms with Crippen molar-refractivity contribution in [1.29, 1.82) is 0 Å². The number of amides is 2. The van der Waals surface area contributed by atoms with Crippen molar-refractivity contribution in [3.05, 3.63) is 59.7 Å². The Hall–Kier alpha value is -3.02. The first kappa shape index (κ1) is 22.7. The highest BCUT2D eigenvalue weighted by Crippen LogP contribution is 2.30. The summed E-state index contributed by atoms with van der Waals surface area (Å²) in [5, 5.41) is 5.91. The van der Waals surface area contributed by atoms with Gasteiger partial charge < -0.3 is 20.3 Å². The molecule has 2 N–H and O–H groups in total. The second-order valence-corrected chi connectivity index (χ2v) is 7.96. The molecule has 0 heterocycles. The number of hydrogen-bond donors (Lipinski definition) is 2. The lowest BCUT2D eigenvalue weighted by atomic mass is 9.77. The second kappa shape index (κ2) is 10.3. The normalized spacial score (nSPS) is 17.4. The Morgan fingerprint density at radius 2 is 1.68 bits per heavy atom. The smallest absolute Gasteiger partial charge is 0.408 e. The predicted octanol–water partition coefficient (Wildman–Crippen LogP) is 4.54. The van der Waals surface area contributed by atoms with Crippen molar-refractivity contribution in [2.75, 3.05) is 29.9 Å². The van der Waals surface area contributed by atoms with Crippen LogP contribution in [-0.2, 0) is 22.4 Å². The third kappa shape index (κ3) is 5.37. The highest BCUT2D eigenvalue weighted by atomic mass is 16.5. The average Bonchev–Trinajstić information content (AvgIpc) is 2.79. The first-order valence-corrected chi connectivity index (χ1v) is 11.2. The third-order valence-corrected chi connectivity index (χ3v) is 5.90. The van der Waals surface area contributed by atoms with Crippen molar-refractivity contribution in [3.63, 3.8) is 0 Å². The van der Waals surface area contributed by atoms with Gasteiger partial charge in [0, 0.05) is 30.9 Å². The van der Waals surface area contributed by atoms with Crippen LogP contribution in [-0.4, -0.2) is 37.2 Å². The summed E-state index contributed by atoms with van der Waals surface area (Å²) in [5.41, 5.74) is 3.08. The minimum absolute atomic E-state index is 0.217. The monoisotopic (exact) mass is 423 g/mol. The summed E-state index contributed by atoms with van der Waals surface area (Å²) in [6.45, 7) is 8.35. The van der Waals surface area contributed by atoms with Gasteiger partial charge in [0.1, 0.15) is 5.54 Å². The van der Waals surface area contributed by atoms with Crippen LogP contribution in [0.4, 0.5) is 16.2 Å². The van der Waals surface area contributed by atoms with E-state index in [1.54, 1.807) is 0 Å². The molecule has 1 unspecified atom stereocenters. The molecule has 31 heavy (non-hydrogen) atoms. The number of carbonyl (C=O) groups is 2. The summed E-state index contributed by atoms with van der Waals surface area (Å²) >= 11 is 0. The number of nitrogens with one attached hydrogen (secondary N) is 2. The fraction of sp³-hybridized carbons (Fsp3) is 0.440. The van der Waals surface area contributed by atoms with E-state index < -0.39 is 11.6 Å². The molecule has 0 saturated carbocycles. The summed E-state index contributed by atoms with van der Waals surface area (Å²) < 4.78 is 5.24. The summed E-state index contributed by atoms with van der Waals surface area (Å²) in [5.74, 6) is -0.217. The molecular formula is C25H33N3O3. The van der Waals surface area contributed by atoms with E-state index in [0.717, 1.165) is 37.2 Å². The van der Waals surface area contributed by atoms with Crippen LogP contribution >= 0.6 is 0 Å². The summed E-state index contributed by atoms with van der Waals surface area (Å²) in [6.07, 6.45) is 1.86. The molecule has 0 aromatic heterocycles. The standard InChI is InChI=1S/C25H33N3O3/c1-4-17-31-24(30)27-25(16-15-19-9-7-8-10-20(19)18-25)23(29)26-21-11-13-22(14-12-21)28(5-2)6-3/h7-14H,4-6,15-18H2,1-3H3,(H,26,29)(H,27,30). The number of nitrogens with zero attached hydrogens (tertiary/aromatic N) is 1. The number of aryl methyl sites for hydroxylation is 1. The summed E-state index contributed by atoms with van der Waals surface area (Å²) in [7, 11) is 0. The Balaban J connectivity index is 1.80. The van der Waals surface area contributed by atoms with E-state index in [0.29, 0.717) is 25.1 Å². The van der Waals surface area contributed by atoms with Crippen LogP contribution in [0.2, 0.25) is 0 Å². The Labute approximate surface area is 185 Å². The highest BCUT2D eigenvalue weighted by Gasteiger charge is 2.43. The van der Waals surface area contributed by atoms with E-state index >= 15 is 0 Å². The lowest BCUT2D eigenvalue weighted by Crippen LogP contribution is -2.60. The van der Waals surface area contributed by atoms with Gasteiger partial charge >= 0.3 is 6.09 Å². The van der Waals surface area contributed by atoms with Gasteiger partial charge in [-0.1, -0.05) is 31.2 Å². The molecule has 3 rings (SSSR count). The molecule has 0 aliphatic heterocycles. The number of ether oxygens (including phenoxy) is 1. The number of alkyl carbamates (subject to hydrolysis) is 1. The lowest BCUT2D eigenvalue weighted by molar-refractivity contribution is -0.122. The summed E-state index contributed by atoms with van der Waals surface area (Å²) in [4.78, 5) is 28.1. The van der Waals surface area contributed by atoms with Gasteiger partial charge in [0.15, 0.2) is 0 Å². The van der Waals surface area contributed by atoms with Crippen molar-refractivity contribution < 1.29 is 14.3 Å². The third-order valence-electron chi connectivity index (χ3n) is 5.90. The van der Waals surface area contributed by atoms with Gasteiger partial charge in [-0.2, -0.15) is 0 Å². The van der Waals surface area contributed by atoms with Crippen LogP contribution in [0.5, 0.6) is 0 Å². The van der Waals surface area contributed by atoms with Gasteiger partial charge in [0.25, 0.3) is 5.91 Å². The average molecular weight is 424 g/mol. The van der Waals surface area contributed by atoms with E-state index in [9.17, 15) is 9.59 Å². The topological polar surface area (TPSA) is 70.7 Å². The number of rotatable bonds is 8. The SMILES string of the molecule is CCCOC(=O)NC1(C(=O)Nc2ccc(N(CC)CC)cc2)CCc2ccccc2C1. The Bertz CT molecular complexity index is 893. The highest BCUT2D eigenvalue weighted by molar-refractivity contribution is 6.00. The lowest BCUT2D eigenvalue weighted by Gasteiger charge is -2.37. The van der Waals surface area contributed by atoms with Crippen LogP contribution in [0.25, 0.3) is 0 Å². The van der Waals surface area contributed by atoms with Crippen LogP contribution in [0.3, 0.4) is 0 Å². The van der Waals surface area contributed by atoms with Crippen molar-refractivity contribution in [3.8, 4) is 0 Å². The Morgan fingerprint density at radius 3 is 2.32 bits per heavy atom. The zero-order chi connectivity index (χ0) is 22.3. The Kier molecular flexibility index (Phi) is 7.55. The van der Waals surface area contributed by atoms with Crippen molar-refractivity contribution >= 4 is 23.4 Å². The van der Waals surface area contributed by atoms with E-state index in [4.69, 9.17) is 4.74 Å². The molecule has 6 heteroatoms. The van der Waals surface area contributed by atoms with Crippen molar-refractivity contribution in [1.82, 2.24) is 5.32 Å². The van der Waals surface area contributed by atoms with E-state index in [1.165, 1.54) is 5.56 Å². The van der Waals surface area contributed by atoms with E-state index in [1.807, 2.05) is 49.4 Å². The molecule has 2 amide bonds. The largest absolute Gasteiger partial charge is 0.450 e. The molecule has 0 radical (unpaired) electrons. The van der Waals surface area contributed by atoms with Crippen LogP contribution in [0.15, 0.2) is 48.5 Å². The minimum atomic E-state index is -1.04. The molecule has 0 saturated heterocycles. The van der Waals surface area contributed by atoms with Gasteiger partial charge in [-0.05, 0) is 68.5 Å².